The number of nitrogens with one attached hydrogen (secondary N) is 1. The van der Waals surface area contributed by atoms with Gasteiger partial charge in [0.25, 0.3) is 0 Å². The Kier molecular flexibility index (Phi) is 4.33. The number of rotatable bonds is 2. The van der Waals surface area contributed by atoms with Crippen molar-refractivity contribution in [2.24, 2.45) is 7.05 Å². The zero-order chi connectivity index (χ0) is 15.7. The second kappa shape index (κ2) is 6.24. The zero-order valence-corrected chi connectivity index (χ0v) is 13.7. The Bertz CT molecular complexity index is 593. The number of carbonyl (C=O) groups is 1. The molecule has 7 heteroatoms. The topological polar surface area (TPSA) is 70.4 Å². The SMILES string of the molecule is Cn1nc2c(c1C(=O)O)CN(C(=S)NC1CCCCC1)CC2. The molecular formula is C15H22N4O2S. The molecular weight excluding hydrogens is 300 g/mol. The molecule has 2 aliphatic rings. The van der Waals surface area contributed by atoms with Crippen LogP contribution in [0.15, 0.2) is 0 Å². The molecule has 1 aromatic rings. The molecule has 1 saturated carbocycles. The fraction of sp³-hybridized carbons (Fsp3) is 0.667. The van der Waals surface area contributed by atoms with Gasteiger partial charge in [0.15, 0.2) is 10.8 Å². The summed E-state index contributed by atoms with van der Waals surface area (Å²) in [7, 11) is 1.69. The van der Waals surface area contributed by atoms with Crippen LogP contribution in [0.5, 0.6) is 0 Å². The van der Waals surface area contributed by atoms with Crippen LogP contribution < -0.4 is 5.32 Å². The van der Waals surface area contributed by atoms with E-state index in [1.807, 2.05) is 0 Å². The molecule has 120 valence electrons. The summed E-state index contributed by atoms with van der Waals surface area (Å²) >= 11 is 5.54. The molecule has 1 aliphatic carbocycles. The highest BCUT2D eigenvalue weighted by Crippen LogP contribution is 2.23. The number of fused-ring (bicyclic) bond motifs is 1. The second-order valence-electron chi connectivity index (χ2n) is 6.16. The maximum absolute atomic E-state index is 11.4. The molecule has 0 bridgehead atoms. The molecule has 1 fully saturated rings. The fourth-order valence-electron chi connectivity index (χ4n) is 3.45. The highest BCUT2D eigenvalue weighted by atomic mass is 32.1. The van der Waals surface area contributed by atoms with Crippen molar-refractivity contribution < 1.29 is 9.90 Å². The van der Waals surface area contributed by atoms with Crippen molar-refractivity contribution in [3.63, 3.8) is 0 Å². The van der Waals surface area contributed by atoms with Crippen molar-refractivity contribution in [3.05, 3.63) is 17.0 Å². The molecule has 1 aromatic heterocycles. The molecule has 0 spiro atoms. The Morgan fingerprint density at radius 2 is 2.09 bits per heavy atom. The van der Waals surface area contributed by atoms with E-state index in [9.17, 15) is 9.90 Å². The minimum atomic E-state index is -0.927. The average molecular weight is 322 g/mol. The van der Waals surface area contributed by atoms with Gasteiger partial charge < -0.3 is 15.3 Å². The summed E-state index contributed by atoms with van der Waals surface area (Å²) in [5.74, 6) is -0.927. The smallest absolute Gasteiger partial charge is 0.354 e. The van der Waals surface area contributed by atoms with Gasteiger partial charge in [0.05, 0.1) is 5.69 Å². The first-order chi connectivity index (χ1) is 10.6. The van der Waals surface area contributed by atoms with E-state index in [-0.39, 0.29) is 5.69 Å². The number of aromatic carboxylic acids is 1. The quantitative estimate of drug-likeness (QED) is 0.808. The van der Waals surface area contributed by atoms with Gasteiger partial charge in [0.2, 0.25) is 0 Å². The number of aryl methyl sites for hydroxylation is 1. The van der Waals surface area contributed by atoms with E-state index in [1.54, 1.807) is 7.05 Å². The van der Waals surface area contributed by atoms with Gasteiger partial charge >= 0.3 is 5.97 Å². The normalized spacial score (nSPS) is 18.9. The molecule has 2 N–H and O–H groups in total. The van der Waals surface area contributed by atoms with Gasteiger partial charge in [-0.05, 0) is 25.1 Å². The predicted molar refractivity (Wildman–Crippen MR) is 86.9 cm³/mol. The monoisotopic (exact) mass is 322 g/mol. The van der Waals surface area contributed by atoms with Gasteiger partial charge in [0, 0.05) is 38.2 Å². The van der Waals surface area contributed by atoms with Gasteiger partial charge in [-0.1, -0.05) is 19.3 Å². The van der Waals surface area contributed by atoms with Crippen molar-refractivity contribution in [2.45, 2.75) is 51.1 Å². The first-order valence-electron chi connectivity index (χ1n) is 7.89. The highest BCUT2D eigenvalue weighted by Gasteiger charge is 2.28. The van der Waals surface area contributed by atoms with Crippen molar-refractivity contribution in [2.75, 3.05) is 6.54 Å². The highest BCUT2D eigenvalue weighted by molar-refractivity contribution is 7.80. The van der Waals surface area contributed by atoms with E-state index in [4.69, 9.17) is 12.2 Å². The van der Waals surface area contributed by atoms with E-state index in [2.05, 4.69) is 15.3 Å². The predicted octanol–water partition coefficient (Wildman–Crippen LogP) is 1.68. The Hall–Kier alpha value is -1.63. The average Bonchev–Trinajstić information content (AvgIpc) is 2.83. The van der Waals surface area contributed by atoms with E-state index < -0.39 is 5.97 Å². The molecule has 22 heavy (non-hydrogen) atoms. The molecule has 0 unspecified atom stereocenters. The van der Waals surface area contributed by atoms with Crippen LogP contribution in [-0.4, -0.2) is 43.5 Å². The maximum atomic E-state index is 11.4. The lowest BCUT2D eigenvalue weighted by Crippen LogP contribution is -2.47. The largest absolute Gasteiger partial charge is 0.477 e. The molecule has 0 amide bonds. The fourth-order valence-corrected chi connectivity index (χ4v) is 3.78. The summed E-state index contributed by atoms with van der Waals surface area (Å²) in [5.41, 5.74) is 1.96. The van der Waals surface area contributed by atoms with Gasteiger partial charge in [0.1, 0.15) is 0 Å². The minimum Gasteiger partial charge on any atom is -0.477 e. The summed E-state index contributed by atoms with van der Waals surface area (Å²) in [6, 6.07) is 0.468. The molecule has 1 aliphatic heterocycles. The van der Waals surface area contributed by atoms with Crippen molar-refractivity contribution in [3.8, 4) is 0 Å². The van der Waals surface area contributed by atoms with Gasteiger partial charge in [-0.3, -0.25) is 4.68 Å². The van der Waals surface area contributed by atoms with Crippen molar-refractivity contribution in [1.29, 1.82) is 0 Å². The molecule has 3 rings (SSSR count). The van der Waals surface area contributed by atoms with Crippen LogP contribution >= 0.6 is 12.2 Å². The lowest BCUT2D eigenvalue weighted by atomic mass is 9.96. The first kappa shape index (κ1) is 15.3. The van der Waals surface area contributed by atoms with E-state index in [0.717, 1.165) is 29.3 Å². The van der Waals surface area contributed by atoms with Crippen LogP contribution in [0.4, 0.5) is 0 Å². The Morgan fingerprint density at radius 3 is 2.77 bits per heavy atom. The molecule has 0 radical (unpaired) electrons. The van der Waals surface area contributed by atoms with E-state index in [0.29, 0.717) is 12.6 Å². The van der Waals surface area contributed by atoms with E-state index >= 15 is 0 Å². The van der Waals surface area contributed by atoms with Crippen LogP contribution in [0.25, 0.3) is 0 Å². The number of thiocarbonyl (C=S) groups is 1. The summed E-state index contributed by atoms with van der Waals surface area (Å²) in [6.45, 7) is 1.32. The number of carboxylic acids is 1. The molecule has 2 heterocycles. The lowest BCUT2D eigenvalue weighted by molar-refractivity contribution is 0.0683. The van der Waals surface area contributed by atoms with Gasteiger partial charge in [-0.25, -0.2) is 4.79 Å². The Morgan fingerprint density at radius 1 is 1.36 bits per heavy atom. The first-order valence-corrected chi connectivity index (χ1v) is 8.30. The molecule has 6 nitrogen and oxygen atoms in total. The molecule has 0 atom stereocenters. The van der Waals surface area contributed by atoms with Crippen LogP contribution in [0, 0.1) is 0 Å². The summed E-state index contributed by atoms with van der Waals surface area (Å²) in [6.07, 6.45) is 6.92. The zero-order valence-electron chi connectivity index (χ0n) is 12.8. The third-order valence-electron chi connectivity index (χ3n) is 4.62. The van der Waals surface area contributed by atoms with Crippen LogP contribution in [0.2, 0.25) is 0 Å². The maximum Gasteiger partial charge on any atom is 0.354 e. The minimum absolute atomic E-state index is 0.278. The van der Waals surface area contributed by atoms with Crippen LogP contribution in [0.3, 0.4) is 0 Å². The molecule has 0 saturated heterocycles. The summed E-state index contributed by atoms with van der Waals surface area (Å²) in [5, 5.41) is 17.9. The Balaban J connectivity index is 1.70. The third kappa shape index (κ3) is 2.95. The summed E-state index contributed by atoms with van der Waals surface area (Å²) < 4.78 is 1.47. The van der Waals surface area contributed by atoms with Crippen LogP contribution in [0.1, 0.15) is 53.8 Å². The van der Waals surface area contributed by atoms with Crippen LogP contribution in [-0.2, 0) is 20.0 Å². The number of hydrogen-bond donors (Lipinski definition) is 2. The van der Waals surface area contributed by atoms with Gasteiger partial charge in [-0.15, -0.1) is 0 Å². The summed E-state index contributed by atoms with van der Waals surface area (Å²) in [4.78, 5) is 13.5. The van der Waals surface area contributed by atoms with Crippen molar-refractivity contribution in [1.82, 2.24) is 20.0 Å². The van der Waals surface area contributed by atoms with Crippen molar-refractivity contribution >= 4 is 23.3 Å². The standard InChI is InChI=1S/C15H22N4O2S/c1-18-13(14(20)21)11-9-19(8-7-12(11)17-18)15(22)16-10-5-3-2-4-6-10/h10H,2-9H2,1H3,(H,16,22)(H,20,21). The lowest BCUT2D eigenvalue weighted by Gasteiger charge is -2.32. The third-order valence-corrected chi connectivity index (χ3v) is 4.99. The second-order valence-corrected chi connectivity index (χ2v) is 6.55. The van der Waals surface area contributed by atoms with Gasteiger partial charge in [-0.2, -0.15) is 5.10 Å². The van der Waals surface area contributed by atoms with E-state index in [1.165, 1.54) is 36.8 Å². The molecule has 0 aromatic carbocycles. The Labute approximate surface area is 135 Å². The number of carboxylic acid groups (broad SMARTS) is 1. The number of nitrogens with zero attached hydrogens (tertiary/aromatic N) is 3. The number of hydrogen-bond acceptors (Lipinski definition) is 3. The number of aromatic nitrogens is 2.